The molecule has 5 heteroatoms. The summed E-state index contributed by atoms with van der Waals surface area (Å²) in [5.74, 6) is 0.845. The number of nitrogens with zero attached hydrogens (tertiary/aromatic N) is 2. The molecule has 0 aliphatic carbocycles. The molecule has 1 N–H and O–H groups in total. The second-order valence-corrected chi connectivity index (χ2v) is 7.13. The third-order valence-corrected chi connectivity index (χ3v) is 5.18. The van der Waals surface area contributed by atoms with E-state index >= 15 is 0 Å². The number of aliphatic hydroxyl groups is 1. The molecule has 0 amide bonds. The van der Waals surface area contributed by atoms with E-state index in [0.29, 0.717) is 12.2 Å². The van der Waals surface area contributed by atoms with E-state index in [4.69, 9.17) is 4.74 Å². The molecule has 0 spiro atoms. The summed E-state index contributed by atoms with van der Waals surface area (Å²) in [6, 6.07) is 18.4. The molecule has 1 unspecified atom stereocenters. The molecule has 4 nitrogen and oxygen atoms in total. The van der Waals surface area contributed by atoms with E-state index in [-0.39, 0.29) is 11.9 Å². The van der Waals surface area contributed by atoms with Crippen molar-refractivity contribution in [1.82, 2.24) is 9.55 Å². The summed E-state index contributed by atoms with van der Waals surface area (Å²) < 4.78 is 7.30. The van der Waals surface area contributed by atoms with E-state index in [2.05, 4.69) is 40.7 Å². The van der Waals surface area contributed by atoms with Crippen molar-refractivity contribution in [3.63, 3.8) is 0 Å². The van der Waals surface area contributed by atoms with Gasteiger partial charge < -0.3 is 14.4 Å². The van der Waals surface area contributed by atoms with E-state index < -0.39 is 0 Å². The maximum absolute atomic E-state index is 9.46. The van der Waals surface area contributed by atoms with Gasteiger partial charge in [0, 0.05) is 18.0 Å². The molecule has 0 bridgehead atoms. The largest absolute Gasteiger partial charge is 0.497 e. The van der Waals surface area contributed by atoms with Gasteiger partial charge in [-0.15, -0.1) is 0 Å². The van der Waals surface area contributed by atoms with E-state index in [0.717, 1.165) is 16.5 Å². The summed E-state index contributed by atoms with van der Waals surface area (Å²) in [5, 5.41) is 10.7. The molecule has 0 aliphatic heterocycles. The molecule has 0 aliphatic rings. The van der Waals surface area contributed by atoms with Crippen LogP contribution in [0.2, 0.25) is 0 Å². The topological polar surface area (TPSA) is 47.3 Å². The van der Waals surface area contributed by atoms with Gasteiger partial charge in [0.1, 0.15) is 5.75 Å². The number of benzene rings is 2. The van der Waals surface area contributed by atoms with Gasteiger partial charge in [-0.1, -0.05) is 54.2 Å². The Hall–Kier alpha value is -2.24. The average Bonchev–Trinajstić information content (AvgIpc) is 3.04. The van der Waals surface area contributed by atoms with Crippen LogP contribution >= 0.6 is 11.8 Å². The highest BCUT2D eigenvalue weighted by Gasteiger charge is 2.14. The Bertz CT molecular complexity index is 800. The highest BCUT2D eigenvalue weighted by Crippen LogP contribution is 2.34. The molecular formula is C20H22N2O2S. The Morgan fingerprint density at radius 1 is 1.12 bits per heavy atom. The minimum Gasteiger partial charge on any atom is -0.497 e. The zero-order chi connectivity index (χ0) is 17.6. The first-order valence-corrected chi connectivity index (χ1v) is 9.09. The quantitative estimate of drug-likeness (QED) is 0.643. The summed E-state index contributed by atoms with van der Waals surface area (Å²) in [6.07, 6.45) is 1.92. The van der Waals surface area contributed by atoms with Crippen LogP contribution in [0.3, 0.4) is 0 Å². The van der Waals surface area contributed by atoms with E-state index in [1.807, 2.05) is 36.5 Å². The number of hydrogen-bond acceptors (Lipinski definition) is 4. The minimum atomic E-state index is -0.0527. The Morgan fingerprint density at radius 3 is 2.48 bits per heavy atom. The predicted octanol–water partition coefficient (Wildman–Crippen LogP) is 4.29. The lowest BCUT2D eigenvalue weighted by Gasteiger charge is -2.13. The number of methoxy groups -OCH3 is 1. The summed E-state index contributed by atoms with van der Waals surface area (Å²) in [6.45, 7) is 2.83. The molecule has 0 radical (unpaired) electrons. The summed E-state index contributed by atoms with van der Waals surface area (Å²) in [7, 11) is 1.66. The van der Waals surface area contributed by atoms with Gasteiger partial charge in [0.2, 0.25) is 0 Å². The van der Waals surface area contributed by atoms with Gasteiger partial charge >= 0.3 is 0 Å². The predicted molar refractivity (Wildman–Crippen MR) is 101 cm³/mol. The van der Waals surface area contributed by atoms with Crippen molar-refractivity contribution in [3.05, 3.63) is 77.6 Å². The zero-order valence-electron chi connectivity index (χ0n) is 14.4. The van der Waals surface area contributed by atoms with Crippen LogP contribution in [-0.2, 0) is 13.2 Å². The average molecular weight is 354 g/mol. The highest BCUT2D eigenvalue weighted by atomic mass is 32.2. The lowest BCUT2D eigenvalue weighted by Crippen LogP contribution is -2.01. The maximum atomic E-state index is 9.46. The number of thioether (sulfide) groups is 1. The summed E-state index contributed by atoms with van der Waals surface area (Å²) in [5.41, 5.74) is 3.12. The number of aliphatic hydroxyl groups excluding tert-OH is 1. The van der Waals surface area contributed by atoms with E-state index in [1.165, 1.54) is 5.56 Å². The molecule has 0 saturated carbocycles. The van der Waals surface area contributed by atoms with Crippen LogP contribution < -0.4 is 4.74 Å². The van der Waals surface area contributed by atoms with Crippen LogP contribution in [-0.4, -0.2) is 21.8 Å². The first kappa shape index (κ1) is 17.6. The van der Waals surface area contributed by atoms with Crippen LogP contribution in [0.15, 0.2) is 66.0 Å². The molecule has 3 rings (SSSR count). The van der Waals surface area contributed by atoms with Crippen molar-refractivity contribution in [3.8, 4) is 5.75 Å². The van der Waals surface area contributed by atoms with Gasteiger partial charge in [0.05, 0.1) is 19.4 Å². The van der Waals surface area contributed by atoms with Gasteiger partial charge in [-0.3, -0.25) is 0 Å². The highest BCUT2D eigenvalue weighted by molar-refractivity contribution is 7.99. The third-order valence-electron chi connectivity index (χ3n) is 4.01. The van der Waals surface area contributed by atoms with Crippen molar-refractivity contribution >= 4 is 11.8 Å². The third kappa shape index (κ3) is 4.44. The maximum Gasteiger partial charge on any atom is 0.169 e. The number of rotatable bonds is 7. The van der Waals surface area contributed by atoms with Crippen molar-refractivity contribution in [1.29, 1.82) is 0 Å². The summed E-state index contributed by atoms with van der Waals surface area (Å²) in [4.78, 5) is 4.58. The van der Waals surface area contributed by atoms with Crippen molar-refractivity contribution in [2.75, 3.05) is 7.11 Å². The van der Waals surface area contributed by atoms with E-state index in [1.54, 1.807) is 18.9 Å². The normalized spacial score (nSPS) is 12.1. The van der Waals surface area contributed by atoms with Crippen molar-refractivity contribution in [2.24, 2.45) is 0 Å². The fourth-order valence-electron chi connectivity index (χ4n) is 2.61. The zero-order valence-corrected chi connectivity index (χ0v) is 15.2. The Balaban J connectivity index is 1.80. The molecule has 2 aromatic carbocycles. The SMILES string of the molecule is COc1ccc(Cn2cc(CO)nc2SC(C)c2ccccc2)cc1. The van der Waals surface area contributed by atoms with Gasteiger partial charge in [-0.2, -0.15) is 0 Å². The van der Waals surface area contributed by atoms with Crippen LogP contribution in [0.1, 0.15) is 29.0 Å². The molecule has 0 saturated heterocycles. The van der Waals surface area contributed by atoms with Gasteiger partial charge in [-0.25, -0.2) is 4.98 Å². The van der Waals surface area contributed by atoms with Crippen molar-refractivity contribution in [2.45, 2.75) is 30.5 Å². The molecular weight excluding hydrogens is 332 g/mol. The second kappa shape index (κ2) is 8.23. The van der Waals surface area contributed by atoms with Crippen LogP contribution in [0.25, 0.3) is 0 Å². The monoisotopic (exact) mass is 354 g/mol. The Kier molecular flexibility index (Phi) is 5.79. The number of imidazole rings is 1. The first-order valence-electron chi connectivity index (χ1n) is 8.21. The molecule has 130 valence electrons. The van der Waals surface area contributed by atoms with Crippen LogP contribution in [0, 0.1) is 0 Å². The Labute approximate surface area is 152 Å². The number of ether oxygens (including phenoxy) is 1. The lowest BCUT2D eigenvalue weighted by molar-refractivity contribution is 0.277. The Morgan fingerprint density at radius 2 is 1.84 bits per heavy atom. The standard InChI is InChI=1S/C20H22N2O2S/c1-15(17-6-4-3-5-7-17)25-20-21-18(14-23)13-22(20)12-16-8-10-19(24-2)11-9-16/h3-11,13,15,23H,12,14H2,1-2H3. The fraction of sp³-hybridized carbons (Fsp3) is 0.250. The molecule has 1 atom stereocenters. The van der Waals surface area contributed by atoms with Crippen LogP contribution in [0.4, 0.5) is 0 Å². The van der Waals surface area contributed by atoms with Gasteiger partial charge in [-0.05, 0) is 30.2 Å². The molecule has 3 aromatic rings. The molecule has 1 heterocycles. The van der Waals surface area contributed by atoms with Crippen LogP contribution in [0.5, 0.6) is 5.75 Å². The number of aromatic nitrogens is 2. The smallest absolute Gasteiger partial charge is 0.169 e. The molecule has 1 aromatic heterocycles. The fourth-order valence-corrected chi connectivity index (χ4v) is 3.64. The minimum absolute atomic E-state index is 0.0527. The lowest BCUT2D eigenvalue weighted by atomic mass is 10.2. The van der Waals surface area contributed by atoms with Gasteiger partial charge in [0.25, 0.3) is 0 Å². The van der Waals surface area contributed by atoms with Crippen molar-refractivity contribution < 1.29 is 9.84 Å². The molecule has 0 fully saturated rings. The molecule has 25 heavy (non-hydrogen) atoms. The van der Waals surface area contributed by atoms with E-state index in [9.17, 15) is 5.11 Å². The van der Waals surface area contributed by atoms with Gasteiger partial charge in [0.15, 0.2) is 5.16 Å². The number of hydrogen-bond donors (Lipinski definition) is 1. The second-order valence-electron chi connectivity index (χ2n) is 5.82. The first-order chi connectivity index (χ1) is 12.2. The summed E-state index contributed by atoms with van der Waals surface area (Å²) >= 11 is 1.70.